The van der Waals surface area contributed by atoms with Crippen LogP contribution in [0, 0.1) is 0 Å². The standard InChI is InChI=1S/C16H25N3O3/c1-16(11-21)10-12-8-13(17)14(9-15(12)22-16)19-4-2-18(3-5-19)6-7-20/h8-9,20-21H,2-7,10-11,17H2,1H3. The molecule has 1 atom stereocenters. The second-order valence-corrected chi connectivity index (χ2v) is 6.46. The predicted molar refractivity (Wildman–Crippen MR) is 86.4 cm³/mol. The summed E-state index contributed by atoms with van der Waals surface area (Å²) in [6.45, 7) is 6.46. The summed E-state index contributed by atoms with van der Waals surface area (Å²) < 4.78 is 5.91. The van der Waals surface area contributed by atoms with Gasteiger partial charge in [-0.3, -0.25) is 4.90 Å². The summed E-state index contributed by atoms with van der Waals surface area (Å²) in [6.07, 6.45) is 0.688. The monoisotopic (exact) mass is 307 g/mol. The highest BCUT2D eigenvalue weighted by Crippen LogP contribution is 2.40. The molecule has 6 nitrogen and oxygen atoms in total. The average Bonchev–Trinajstić information content (AvgIpc) is 2.84. The quantitative estimate of drug-likeness (QED) is 0.683. The molecule has 0 saturated carbocycles. The second kappa shape index (κ2) is 5.95. The van der Waals surface area contributed by atoms with E-state index in [0.29, 0.717) is 6.42 Å². The zero-order valence-corrected chi connectivity index (χ0v) is 13.1. The minimum Gasteiger partial charge on any atom is -0.484 e. The number of anilines is 2. The molecule has 4 N–H and O–H groups in total. The molecule has 0 aromatic heterocycles. The average molecular weight is 307 g/mol. The number of nitrogens with zero attached hydrogens (tertiary/aromatic N) is 2. The molecule has 1 aromatic carbocycles. The Balaban J connectivity index is 1.75. The normalized spacial score (nSPS) is 25.1. The lowest BCUT2D eigenvalue weighted by Crippen LogP contribution is -2.47. The van der Waals surface area contributed by atoms with Crippen LogP contribution in [0.1, 0.15) is 12.5 Å². The lowest BCUT2D eigenvalue weighted by atomic mass is 9.99. The van der Waals surface area contributed by atoms with Crippen molar-refractivity contribution in [2.75, 3.05) is 56.6 Å². The molecule has 6 heteroatoms. The maximum atomic E-state index is 9.47. The summed E-state index contributed by atoms with van der Waals surface area (Å²) in [6, 6.07) is 3.99. The van der Waals surface area contributed by atoms with Crippen LogP contribution in [-0.2, 0) is 6.42 Å². The van der Waals surface area contributed by atoms with Gasteiger partial charge in [0, 0.05) is 50.8 Å². The molecule has 1 saturated heterocycles. The zero-order chi connectivity index (χ0) is 15.7. The van der Waals surface area contributed by atoms with E-state index in [1.165, 1.54) is 0 Å². The van der Waals surface area contributed by atoms with Gasteiger partial charge in [0.05, 0.1) is 24.6 Å². The van der Waals surface area contributed by atoms with Gasteiger partial charge in [0.15, 0.2) is 0 Å². The van der Waals surface area contributed by atoms with Crippen molar-refractivity contribution >= 4 is 11.4 Å². The summed E-state index contributed by atoms with van der Waals surface area (Å²) in [5.74, 6) is 0.832. The number of nitrogen functional groups attached to an aromatic ring is 1. The van der Waals surface area contributed by atoms with Gasteiger partial charge in [0.2, 0.25) is 0 Å². The van der Waals surface area contributed by atoms with Gasteiger partial charge in [-0.2, -0.15) is 0 Å². The molecule has 2 aliphatic heterocycles. The van der Waals surface area contributed by atoms with E-state index >= 15 is 0 Å². The van der Waals surface area contributed by atoms with Crippen LogP contribution in [0.5, 0.6) is 5.75 Å². The molecule has 0 radical (unpaired) electrons. The molecule has 3 rings (SSSR count). The Bertz CT molecular complexity index is 544. The van der Waals surface area contributed by atoms with E-state index in [4.69, 9.17) is 15.6 Å². The van der Waals surface area contributed by atoms with Crippen molar-refractivity contribution in [2.24, 2.45) is 0 Å². The molecule has 0 aliphatic carbocycles. The Morgan fingerprint density at radius 1 is 1.23 bits per heavy atom. The van der Waals surface area contributed by atoms with Gasteiger partial charge in [-0.1, -0.05) is 0 Å². The van der Waals surface area contributed by atoms with E-state index in [1.54, 1.807) is 0 Å². The van der Waals surface area contributed by atoms with Gasteiger partial charge in [0.1, 0.15) is 11.4 Å². The van der Waals surface area contributed by atoms with Gasteiger partial charge >= 0.3 is 0 Å². The number of rotatable bonds is 4. The summed E-state index contributed by atoms with van der Waals surface area (Å²) in [7, 11) is 0. The molecule has 22 heavy (non-hydrogen) atoms. The lowest BCUT2D eigenvalue weighted by molar-refractivity contribution is 0.0447. The molecule has 0 bridgehead atoms. The third kappa shape index (κ3) is 2.86. The number of ether oxygens (including phenoxy) is 1. The largest absolute Gasteiger partial charge is 0.484 e. The Morgan fingerprint density at radius 3 is 2.59 bits per heavy atom. The molecule has 122 valence electrons. The maximum absolute atomic E-state index is 9.47. The Kier molecular flexibility index (Phi) is 4.16. The highest BCUT2D eigenvalue weighted by molar-refractivity contribution is 5.72. The topological polar surface area (TPSA) is 82.2 Å². The van der Waals surface area contributed by atoms with E-state index in [0.717, 1.165) is 55.4 Å². The molecule has 1 fully saturated rings. The molecular formula is C16H25N3O3. The van der Waals surface area contributed by atoms with Gasteiger partial charge < -0.3 is 25.6 Å². The fraction of sp³-hybridized carbons (Fsp3) is 0.625. The van der Waals surface area contributed by atoms with E-state index in [-0.39, 0.29) is 13.2 Å². The van der Waals surface area contributed by atoms with Crippen LogP contribution in [-0.4, -0.2) is 66.7 Å². The van der Waals surface area contributed by atoms with E-state index in [1.807, 2.05) is 19.1 Å². The smallest absolute Gasteiger partial charge is 0.133 e. The van der Waals surface area contributed by atoms with Crippen molar-refractivity contribution in [3.05, 3.63) is 17.7 Å². The number of aliphatic hydroxyl groups is 2. The predicted octanol–water partition coefficient (Wildman–Crippen LogP) is 0.0690. The number of nitrogens with two attached hydrogens (primary N) is 1. The number of β-amino-alcohol motifs (C(OH)–C–C–N with tert-alkyl or cyclic N) is 1. The maximum Gasteiger partial charge on any atom is 0.133 e. The zero-order valence-electron chi connectivity index (χ0n) is 13.1. The number of aliphatic hydroxyl groups excluding tert-OH is 2. The fourth-order valence-electron chi connectivity index (χ4n) is 3.29. The van der Waals surface area contributed by atoms with Crippen LogP contribution in [0.3, 0.4) is 0 Å². The SMILES string of the molecule is CC1(CO)Cc2cc(N)c(N3CCN(CCO)CC3)cc2O1. The Labute approximate surface area is 131 Å². The van der Waals surface area contributed by atoms with Gasteiger partial charge in [-0.25, -0.2) is 0 Å². The van der Waals surface area contributed by atoms with Crippen molar-refractivity contribution < 1.29 is 14.9 Å². The third-order valence-electron chi connectivity index (χ3n) is 4.59. The molecule has 2 aliphatic rings. The number of fused-ring (bicyclic) bond motifs is 1. The Morgan fingerprint density at radius 2 is 1.95 bits per heavy atom. The highest BCUT2D eigenvalue weighted by Gasteiger charge is 2.35. The highest BCUT2D eigenvalue weighted by atomic mass is 16.5. The van der Waals surface area contributed by atoms with Crippen LogP contribution < -0.4 is 15.4 Å². The molecule has 0 spiro atoms. The van der Waals surface area contributed by atoms with Crippen molar-refractivity contribution in [1.82, 2.24) is 4.90 Å². The number of piperazine rings is 1. The van der Waals surface area contributed by atoms with Crippen LogP contribution in [0.15, 0.2) is 12.1 Å². The van der Waals surface area contributed by atoms with E-state index in [2.05, 4.69) is 9.80 Å². The van der Waals surface area contributed by atoms with E-state index in [9.17, 15) is 5.11 Å². The number of hydrogen-bond acceptors (Lipinski definition) is 6. The second-order valence-electron chi connectivity index (χ2n) is 6.46. The minimum atomic E-state index is -0.535. The first kappa shape index (κ1) is 15.4. The van der Waals surface area contributed by atoms with Crippen molar-refractivity contribution in [1.29, 1.82) is 0 Å². The first-order valence-corrected chi connectivity index (χ1v) is 7.85. The molecular weight excluding hydrogens is 282 g/mol. The molecule has 1 aromatic rings. The molecule has 2 heterocycles. The van der Waals surface area contributed by atoms with Crippen LogP contribution in [0.2, 0.25) is 0 Å². The fourth-order valence-corrected chi connectivity index (χ4v) is 3.29. The number of hydrogen-bond donors (Lipinski definition) is 3. The van der Waals surface area contributed by atoms with Crippen molar-refractivity contribution in [2.45, 2.75) is 18.9 Å². The van der Waals surface area contributed by atoms with Gasteiger partial charge in [-0.15, -0.1) is 0 Å². The molecule has 1 unspecified atom stereocenters. The summed E-state index contributed by atoms with van der Waals surface area (Å²) in [5, 5.41) is 18.5. The summed E-state index contributed by atoms with van der Waals surface area (Å²) in [4.78, 5) is 4.51. The van der Waals surface area contributed by atoms with Crippen LogP contribution in [0.4, 0.5) is 11.4 Å². The van der Waals surface area contributed by atoms with Crippen molar-refractivity contribution in [3.8, 4) is 5.75 Å². The third-order valence-corrected chi connectivity index (χ3v) is 4.59. The van der Waals surface area contributed by atoms with Crippen molar-refractivity contribution in [3.63, 3.8) is 0 Å². The summed E-state index contributed by atoms with van der Waals surface area (Å²) in [5.41, 5.74) is 8.53. The van der Waals surface area contributed by atoms with Gasteiger partial charge in [0.25, 0.3) is 0 Å². The summed E-state index contributed by atoms with van der Waals surface area (Å²) >= 11 is 0. The van der Waals surface area contributed by atoms with Crippen LogP contribution in [0.25, 0.3) is 0 Å². The Hall–Kier alpha value is -1.50. The molecule has 0 amide bonds. The minimum absolute atomic E-state index is 0.00322. The van der Waals surface area contributed by atoms with Gasteiger partial charge in [-0.05, 0) is 13.0 Å². The van der Waals surface area contributed by atoms with Crippen LogP contribution >= 0.6 is 0 Å². The number of benzene rings is 1. The first-order chi connectivity index (χ1) is 10.5. The van der Waals surface area contributed by atoms with E-state index < -0.39 is 5.60 Å². The first-order valence-electron chi connectivity index (χ1n) is 7.85. The lowest BCUT2D eigenvalue weighted by Gasteiger charge is -2.36.